The van der Waals surface area contributed by atoms with Crippen molar-refractivity contribution in [2.75, 3.05) is 122 Å². The number of aromatic nitrogens is 23. The van der Waals surface area contributed by atoms with Gasteiger partial charge in [0.2, 0.25) is 23.8 Å². The second-order valence-electron chi connectivity index (χ2n) is 32.8. The van der Waals surface area contributed by atoms with Gasteiger partial charge in [0.05, 0.1) is 82.6 Å². The molecule has 17 heterocycles. The Morgan fingerprint density at radius 3 is 1.28 bits per heavy atom. The van der Waals surface area contributed by atoms with Crippen LogP contribution < -0.4 is 62.1 Å². The molecule has 4 aliphatic rings. The molecule has 20 rings (SSSR count). The van der Waals surface area contributed by atoms with E-state index in [-0.39, 0.29) is 24.5 Å². The van der Waals surface area contributed by atoms with E-state index in [0.717, 1.165) is 189 Å². The molecular weight excluding hydrogens is 1800 g/mol. The number of nitrogens with zero attached hydrogens (tertiary/aromatic N) is 29. The average molecular weight is 1890 g/mol. The minimum Gasteiger partial charge on any atom is -0.469 e. The van der Waals surface area contributed by atoms with Crippen molar-refractivity contribution in [3.63, 3.8) is 0 Å². The number of halogens is 4. The van der Waals surface area contributed by atoms with Gasteiger partial charge in [-0.3, -0.25) is 4.79 Å². The SMILES string of the molecule is COC(=O)Cc1nc2cc(Nc3ncc(Cl)c(NC4CCN(c5ccc(C#N)cn5)CC4)n3)ccn2n1.Cc1ccc(N2CCC(Nc3nc(Nc4ccc5c(c4)ncn5C)ncc3Cl)CC2)nc1.Cc1ccc(N2CCC(Nc3nc(Nc4ccc5c(c4)nnn5C)ncc3Cl)CC2)nn1.Cc1nc2cc(Nc3ncc(Cl)c(NC4CCN(c5ccc(C#N)cn5)CC4)n3)ccc2n1C. The summed E-state index contributed by atoms with van der Waals surface area (Å²) in [6.45, 7) is 13.0. The third-order valence-electron chi connectivity index (χ3n) is 23.4. The number of anilines is 16. The summed E-state index contributed by atoms with van der Waals surface area (Å²) in [5.74, 6) is 8.89. The maximum Gasteiger partial charge on any atom is 0.313 e. The molecule has 4 aliphatic heterocycles. The first-order chi connectivity index (χ1) is 65.6. The van der Waals surface area contributed by atoms with Crippen LogP contribution >= 0.6 is 46.4 Å². The molecule has 3 aromatic carbocycles. The van der Waals surface area contributed by atoms with Gasteiger partial charge in [-0.25, -0.2) is 59.0 Å². The third kappa shape index (κ3) is 23.1. The number of carbonyl (C=O) groups is 1. The van der Waals surface area contributed by atoms with Crippen molar-refractivity contribution in [3.05, 3.63) is 225 Å². The van der Waals surface area contributed by atoms with E-state index in [4.69, 9.17) is 56.9 Å². The number of benzene rings is 3. The molecule has 0 saturated carbocycles. The summed E-state index contributed by atoms with van der Waals surface area (Å²) in [6.07, 6.45) is 22.5. The van der Waals surface area contributed by atoms with Gasteiger partial charge >= 0.3 is 5.97 Å². The van der Waals surface area contributed by atoms with E-state index in [0.29, 0.717) is 101 Å². The highest BCUT2D eigenvalue weighted by atomic mass is 35.5. The number of aryl methyl sites for hydroxylation is 6. The molecule has 13 aromatic heterocycles. The van der Waals surface area contributed by atoms with Crippen molar-refractivity contribution in [1.29, 1.82) is 10.5 Å². The van der Waals surface area contributed by atoms with Crippen molar-refractivity contribution in [2.45, 2.75) is 103 Å². The van der Waals surface area contributed by atoms with E-state index < -0.39 is 5.97 Å². The first-order valence-corrected chi connectivity index (χ1v) is 45.4. The number of pyridine rings is 4. The fourth-order valence-electron chi connectivity index (χ4n) is 15.9. The normalized spacial score (nSPS) is 14.3. The fraction of sp³-hybridized carbons (Fsp3) is 0.304. The monoisotopic (exact) mass is 1890 g/mol. The molecule has 0 amide bonds. The maximum atomic E-state index is 11.5. The van der Waals surface area contributed by atoms with Crippen LogP contribution in [0.5, 0.6) is 0 Å². The van der Waals surface area contributed by atoms with Gasteiger partial charge in [0.25, 0.3) is 0 Å². The van der Waals surface area contributed by atoms with Crippen LogP contribution in [0.1, 0.15) is 85.4 Å². The molecule has 0 aliphatic carbocycles. The molecule has 0 unspecified atom stereocenters. The van der Waals surface area contributed by atoms with Crippen LogP contribution in [0, 0.1) is 43.4 Å². The number of rotatable bonds is 22. The van der Waals surface area contributed by atoms with Crippen molar-refractivity contribution in [2.24, 2.45) is 21.1 Å². The quantitative estimate of drug-likeness (QED) is 0.0292. The standard InChI is InChI=1S/C24H23ClN10O2.C24H24ClN9.C23H25ClN8.C21H23ClN10/c1-37-22(36)11-19-31-21-10-17(6-9-35(21)33-19)30-24-28-14-18(25)23(32-24)29-16-4-7-34(8-5-16)20-3-2-15(12-26)13-27-20;1-15-29-20-11-18(4-5-21(20)33(15)2)31-24-28-14-19(25)23(32-24)30-17-7-9-34(10-8-17)22-6-3-16(12-26)13-27-22;1-15-3-6-21(25-12-15)32-9-7-16(8-10-32)28-22-18(24)13-26-23(30-22)29-17-4-5-20-19(11-17)27-14-31(20)2;1-13-3-6-19(29-27-13)32-9-7-14(8-10-32)24-20-16(22)12-23-21(26-20)25-15-4-5-18-17(11-15)28-30-31(18)2/h2-3,6,9-10,13-14,16H,4-5,7-8,11H2,1H3,(H2,28,29,30,32);3-6,11,13-14,17H,7-10H2,1-2H3,(H2,28,30,31,32);3-6,11-14,16H,7-10H2,1-2H3,(H2,26,28,29,30);3-6,11-12,14H,7-10H2,1-2H3,(H2,23,24,25,26). The molecule has 16 aromatic rings. The summed E-state index contributed by atoms with van der Waals surface area (Å²) >= 11 is 25.5. The Hall–Kier alpha value is -15.3. The van der Waals surface area contributed by atoms with Gasteiger partial charge in [-0.15, -0.1) is 10.2 Å². The first kappa shape index (κ1) is 91.6. The molecule has 0 atom stereocenters. The van der Waals surface area contributed by atoms with Crippen molar-refractivity contribution >= 4 is 184 Å². The summed E-state index contributed by atoms with van der Waals surface area (Å²) in [5.41, 5.74) is 12.8. The van der Waals surface area contributed by atoms with E-state index >= 15 is 0 Å². The number of ether oxygens (including phenoxy) is 1. The average Bonchev–Trinajstić information content (AvgIpc) is 1.64. The van der Waals surface area contributed by atoms with E-state index in [9.17, 15) is 4.79 Å². The Morgan fingerprint density at radius 1 is 0.430 bits per heavy atom. The number of hydrogen-bond donors (Lipinski definition) is 8. The topological polar surface area (TPSA) is 447 Å². The van der Waals surface area contributed by atoms with Gasteiger partial charge in [0, 0.05) is 151 Å². The molecule has 135 heavy (non-hydrogen) atoms. The summed E-state index contributed by atoms with van der Waals surface area (Å²) in [4.78, 5) is 82.8. The lowest BCUT2D eigenvalue weighted by molar-refractivity contribution is -0.139. The minimum absolute atomic E-state index is 0.000814. The van der Waals surface area contributed by atoms with Crippen LogP contribution in [0.3, 0.4) is 0 Å². The van der Waals surface area contributed by atoms with Crippen LogP contribution in [0.4, 0.5) is 93.1 Å². The van der Waals surface area contributed by atoms with E-state index in [1.807, 2.05) is 131 Å². The highest BCUT2D eigenvalue weighted by Crippen LogP contribution is 2.34. The van der Waals surface area contributed by atoms with Crippen LogP contribution in [0.2, 0.25) is 20.1 Å². The van der Waals surface area contributed by atoms with Gasteiger partial charge in [-0.2, -0.15) is 40.7 Å². The number of piperidine rings is 4. The fourth-order valence-corrected chi connectivity index (χ4v) is 16.5. The lowest BCUT2D eigenvalue weighted by atomic mass is 10.0. The number of esters is 1. The molecule has 0 spiro atoms. The van der Waals surface area contributed by atoms with Crippen molar-refractivity contribution in [3.8, 4) is 12.1 Å². The Balaban J connectivity index is 0.000000125. The molecular formula is C92H95Cl4N37O2. The predicted octanol–water partition coefficient (Wildman–Crippen LogP) is 15.3. The zero-order valence-electron chi connectivity index (χ0n) is 74.8. The predicted molar refractivity (Wildman–Crippen MR) is 524 cm³/mol. The van der Waals surface area contributed by atoms with Gasteiger partial charge < -0.3 is 76.0 Å². The Kier molecular flexibility index (Phi) is 28.5. The summed E-state index contributed by atoms with van der Waals surface area (Å²) in [6, 6.07) is 42.1. The molecule has 0 bridgehead atoms. The van der Waals surface area contributed by atoms with Crippen LogP contribution in [0.25, 0.3) is 38.7 Å². The lowest BCUT2D eigenvalue weighted by Crippen LogP contribution is -2.39. The number of imidazole rings is 2. The molecule has 39 nitrogen and oxygen atoms in total. The van der Waals surface area contributed by atoms with Crippen LogP contribution in [0.15, 0.2) is 171 Å². The van der Waals surface area contributed by atoms with Crippen LogP contribution in [-0.2, 0) is 37.1 Å². The zero-order valence-corrected chi connectivity index (χ0v) is 77.8. The first-order valence-electron chi connectivity index (χ1n) is 43.9. The van der Waals surface area contributed by atoms with E-state index in [1.54, 1.807) is 77.1 Å². The van der Waals surface area contributed by atoms with Gasteiger partial charge in [-0.05, 0) is 181 Å². The Labute approximate surface area is 796 Å². The minimum atomic E-state index is -0.402. The molecule has 4 fully saturated rings. The molecule has 688 valence electrons. The van der Waals surface area contributed by atoms with Crippen LogP contribution in [-0.4, -0.2) is 203 Å². The third-order valence-corrected chi connectivity index (χ3v) is 24.5. The van der Waals surface area contributed by atoms with Crippen molar-refractivity contribution in [1.82, 2.24) is 114 Å². The molecule has 0 radical (unpaired) electrons. The highest BCUT2D eigenvalue weighted by molar-refractivity contribution is 6.34. The number of nitrogens with one attached hydrogen (secondary N) is 8. The largest absolute Gasteiger partial charge is 0.469 e. The number of fused-ring (bicyclic) bond motifs is 4. The summed E-state index contributed by atoms with van der Waals surface area (Å²) in [5, 5.41) is 67.5. The number of carbonyl (C=O) groups excluding carboxylic acids is 1. The second-order valence-corrected chi connectivity index (χ2v) is 34.5. The van der Waals surface area contributed by atoms with Crippen molar-refractivity contribution < 1.29 is 9.53 Å². The van der Waals surface area contributed by atoms with Gasteiger partial charge in [-0.1, -0.05) is 57.7 Å². The number of nitriles is 2. The van der Waals surface area contributed by atoms with E-state index in [1.165, 1.54) is 12.7 Å². The lowest BCUT2D eigenvalue weighted by Gasteiger charge is -2.33. The Morgan fingerprint density at radius 2 is 0.852 bits per heavy atom. The zero-order chi connectivity index (χ0) is 93.6. The second kappa shape index (κ2) is 42.1. The number of hydrogen-bond acceptors (Lipinski definition) is 35. The van der Waals surface area contributed by atoms with Gasteiger partial charge in [0.15, 0.2) is 40.6 Å². The maximum absolute atomic E-state index is 11.5. The molecule has 43 heteroatoms. The molecule has 4 saturated heterocycles. The van der Waals surface area contributed by atoms with E-state index in [2.05, 4.69) is 198 Å². The summed E-state index contributed by atoms with van der Waals surface area (Å²) < 4.78 is 12.0. The Bertz CT molecular complexity index is 6740. The smallest absolute Gasteiger partial charge is 0.313 e. The molecule has 8 N–H and O–H groups in total. The number of methoxy groups -OCH3 is 1. The summed E-state index contributed by atoms with van der Waals surface area (Å²) in [7, 11) is 7.17. The van der Waals surface area contributed by atoms with Gasteiger partial charge in [0.1, 0.15) is 67.4 Å². The highest BCUT2D eigenvalue weighted by Gasteiger charge is 2.28.